The number of carbonyl (C=O) groups is 1. The van der Waals surface area contributed by atoms with Crippen LogP contribution in [0.4, 0.5) is 10.5 Å². The monoisotopic (exact) mass is 465 g/mol. The second-order valence-electron chi connectivity index (χ2n) is 6.19. The Hall–Kier alpha value is -1.37. The van der Waals surface area contributed by atoms with Gasteiger partial charge in [0.2, 0.25) is 0 Å². The lowest BCUT2D eigenvalue weighted by Crippen LogP contribution is -2.51. The predicted molar refractivity (Wildman–Crippen MR) is 109 cm³/mol. The zero-order valence-corrected chi connectivity index (χ0v) is 17.3. The van der Waals surface area contributed by atoms with Crippen LogP contribution in [0.25, 0.3) is 0 Å². The first-order valence-electron chi connectivity index (χ1n) is 8.28. The number of piperazine rings is 1. The first kappa shape index (κ1) is 18.4. The van der Waals surface area contributed by atoms with Crippen LogP contribution < -0.4 is 4.90 Å². The number of urea groups is 1. The Labute approximate surface area is 165 Å². The van der Waals surface area contributed by atoms with Gasteiger partial charge in [-0.3, -0.25) is 9.80 Å². The standard InChI is InChI=1S/C19H21Br2N3O/c1-22(16-5-3-2-4-6-16)19(25)24-11-9-23(10-12-24)14-15-7-8-17(20)18(21)13-15/h2-8,13H,9-12,14H2,1H3. The molecule has 132 valence electrons. The molecule has 1 aliphatic heterocycles. The lowest BCUT2D eigenvalue weighted by atomic mass is 10.2. The number of carbonyl (C=O) groups excluding carboxylic acids is 1. The predicted octanol–water partition coefficient (Wildman–Crippen LogP) is 4.59. The lowest BCUT2D eigenvalue weighted by molar-refractivity contribution is 0.140. The molecule has 4 nitrogen and oxygen atoms in total. The fourth-order valence-corrected chi connectivity index (χ4v) is 3.64. The van der Waals surface area contributed by atoms with Crippen LogP contribution in [0.3, 0.4) is 0 Å². The van der Waals surface area contributed by atoms with Crippen molar-refractivity contribution >= 4 is 43.6 Å². The normalized spacial score (nSPS) is 15.2. The van der Waals surface area contributed by atoms with Crippen LogP contribution in [0, 0.1) is 0 Å². The molecule has 3 rings (SSSR count). The van der Waals surface area contributed by atoms with Crippen molar-refractivity contribution in [3.05, 3.63) is 63.0 Å². The Bertz CT molecular complexity index is 731. The zero-order valence-electron chi connectivity index (χ0n) is 14.2. The molecule has 0 aliphatic carbocycles. The number of hydrogen-bond donors (Lipinski definition) is 0. The van der Waals surface area contributed by atoms with Gasteiger partial charge >= 0.3 is 6.03 Å². The molecule has 1 saturated heterocycles. The number of amides is 2. The van der Waals surface area contributed by atoms with E-state index in [2.05, 4.69) is 55.0 Å². The minimum Gasteiger partial charge on any atom is -0.322 e. The van der Waals surface area contributed by atoms with Crippen LogP contribution in [0.2, 0.25) is 0 Å². The number of hydrogen-bond acceptors (Lipinski definition) is 2. The molecule has 1 fully saturated rings. The molecule has 2 amide bonds. The van der Waals surface area contributed by atoms with Crippen molar-refractivity contribution in [2.45, 2.75) is 6.54 Å². The summed E-state index contributed by atoms with van der Waals surface area (Å²) in [6, 6.07) is 16.2. The molecule has 6 heteroatoms. The Kier molecular flexibility index (Phi) is 6.15. The molecule has 0 spiro atoms. The zero-order chi connectivity index (χ0) is 17.8. The molecular weight excluding hydrogens is 446 g/mol. The van der Waals surface area contributed by atoms with Gasteiger partial charge in [-0.05, 0) is 61.7 Å². The summed E-state index contributed by atoms with van der Waals surface area (Å²) < 4.78 is 2.14. The minimum atomic E-state index is 0.0669. The highest BCUT2D eigenvalue weighted by Gasteiger charge is 2.24. The maximum Gasteiger partial charge on any atom is 0.324 e. The van der Waals surface area contributed by atoms with Gasteiger partial charge in [0.05, 0.1) is 0 Å². The van der Waals surface area contributed by atoms with Gasteiger partial charge in [0.1, 0.15) is 0 Å². The van der Waals surface area contributed by atoms with Crippen molar-refractivity contribution in [2.24, 2.45) is 0 Å². The van der Waals surface area contributed by atoms with Crippen LogP contribution in [0.1, 0.15) is 5.56 Å². The first-order valence-corrected chi connectivity index (χ1v) is 9.87. The summed E-state index contributed by atoms with van der Waals surface area (Å²) in [7, 11) is 1.84. The van der Waals surface area contributed by atoms with Crippen LogP contribution in [-0.4, -0.2) is 49.1 Å². The molecule has 0 radical (unpaired) electrons. The minimum absolute atomic E-state index is 0.0669. The molecule has 2 aromatic rings. The smallest absolute Gasteiger partial charge is 0.322 e. The van der Waals surface area contributed by atoms with Crippen molar-refractivity contribution in [3.63, 3.8) is 0 Å². The summed E-state index contributed by atoms with van der Waals surface area (Å²) in [6.45, 7) is 4.20. The van der Waals surface area contributed by atoms with E-state index in [-0.39, 0.29) is 6.03 Å². The van der Waals surface area contributed by atoms with E-state index in [1.807, 2.05) is 42.3 Å². The molecule has 0 saturated carbocycles. The van der Waals surface area contributed by atoms with Crippen LogP contribution >= 0.6 is 31.9 Å². The quantitative estimate of drug-likeness (QED) is 0.661. The topological polar surface area (TPSA) is 26.8 Å². The van der Waals surface area contributed by atoms with E-state index in [0.29, 0.717) is 0 Å². The third kappa shape index (κ3) is 4.63. The fraction of sp³-hybridized carbons (Fsp3) is 0.316. The molecule has 0 aromatic heterocycles. The van der Waals surface area contributed by atoms with Gasteiger partial charge in [-0.2, -0.15) is 0 Å². The highest BCUT2D eigenvalue weighted by Crippen LogP contribution is 2.24. The van der Waals surface area contributed by atoms with Gasteiger partial charge in [-0.15, -0.1) is 0 Å². The SMILES string of the molecule is CN(C(=O)N1CCN(Cc2ccc(Br)c(Br)c2)CC1)c1ccccc1. The molecule has 1 heterocycles. The van der Waals surface area contributed by atoms with E-state index in [1.165, 1.54) is 5.56 Å². The van der Waals surface area contributed by atoms with E-state index >= 15 is 0 Å². The lowest BCUT2D eigenvalue weighted by Gasteiger charge is -2.36. The molecule has 0 unspecified atom stereocenters. The van der Waals surface area contributed by atoms with E-state index in [4.69, 9.17) is 0 Å². The largest absolute Gasteiger partial charge is 0.324 e. The Morgan fingerprint density at radius 2 is 1.68 bits per heavy atom. The van der Waals surface area contributed by atoms with Crippen LogP contribution in [0.15, 0.2) is 57.5 Å². The molecular formula is C19H21Br2N3O. The highest BCUT2D eigenvalue weighted by molar-refractivity contribution is 9.13. The summed E-state index contributed by atoms with van der Waals surface area (Å²) in [5.74, 6) is 0. The van der Waals surface area contributed by atoms with Gasteiger partial charge < -0.3 is 4.90 Å². The van der Waals surface area contributed by atoms with Crippen molar-refractivity contribution in [1.82, 2.24) is 9.80 Å². The highest BCUT2D eigenvalue weighted by atomic mass is 79.9. The third-order valence-electron chi connectivity index (χ3n) is 4.46. The van der Waals surface area contributed by atoms with Crippen molar-refractivity contribution < 1.29 is 4.79 Å². The van der Waals surface area contributed by atoms with Crippen LogP contribution in [-0.2, 0) is 6.54 Å². The van der Waals surface area contributed by atoms with E-state index in [0.717, 1.165) is 47.4 Å². The molecule has 0 bridgehead atoms. The summed E-state index contributed by atoms with van der Waals surface area (Å²) in [5, 5.41) is 0. The Morgan fingerprint density at radius 3 is 2.32 bits per heavy atom. The number of nitrogens with zero attached hydrogens (tertiary/aromatic N) is 3. The number of rotatable bonds is 3. The maximum atomic E-state index is 12.7. The van der Waals surface area contributed by atoms with Gasteiger partial charge in [0, 0.05) is 54.4 Å². The molecule has 25 heavy (non-hydrogen) atoms. The maximum absolute atomic E-state index is 12.7. The second-order valence-corrected chi connectivity index (χ2v) is 7.90. The number of para-hydroxylation sites is 1. The number of halogens is 2. The van der Waals surface area contributed by atoms with E-state index < -0.39 is 0 Å². The van der Waals surface area contributed by atoms with Crippen molar-refractivity contribution in [1.29, 1.82) is 0 Å². The summed E-state index contributed by atoms with van der Waals surface area (Å²) >= 11 is 7.06. The summed E-state index contributed by atoms with van der Waals surface area (Å²) in [4.78, 5) is 18.7. The van der Waals surface area contributed by atoms with Crippen LogP contribution in [0.5, 0.6) is 0 Å². The average molecular weight is 467 g/mol. The van der Waals surface area contributed by atoms with E-state index in [1.54, 1.807) is 4.90 Å². The summed E-state index contributed by atoms with van der Waals surface area (Å²) in [6.07, 6.45) is 0. The number of benzene rings is 2. The van der Waals surface area contributed by atoms with Gasteiger partial charge in [0.25, 0.3) is 0 Å². The second kappa shape index (κ2) is 8.34. The van der Waals surface area contributed by atoms with Crippen molar-refractivity contribution in [3.8, 4) is 0 Å². The Morgan fingerprint density at radius 1 is 1.00 bits per heavy atom. The fourth-order valence-electron chi connectivity index (χ4n) is 2.97. The van der Waals surface area contributed by atoms with Gasteiger partial charge in [-0.1, -0.05) is 24.3 Å². The summed E-state index contributed by atoms with van der Waals surface area (Å²) in [5.41, 5.74) is 2.20. The Balaban J connectivity index is 1.54. The van der Waals surface area contributed by atoms with Gasteiger partial charge in [-0.25, -0.2) is 4.79 Å². The first-order chi connectivity index (χ1) is 12.0. The molecule has 0 atom stereocenters. The number of anilines is 1. The van der Waals surface area contributed by atoms with Gasteiger partial charge in [0.15, 0.2) is 0 Å². The molecule has 2 aromatic carbocycles. The molecule has 1 aliphatic rings. The third-order valence-corrected chi connectivity index (χ3v) is 6.34. The average Bonchev–Trinajstić information content (AvgIpc) is 2.65. The van der Waals surface area contributed by atoms with E-state index in [9.17, 15) is 4.79 Å². The molecule has 0 N–H and O–H groups in total. The van der Waals surface area contributed by atoms with Crippen molar-refractivity contribution in [2.75, 3.05) is 38.1 Å².